The molecule has 4 heterocycles. The largest absolute Gasteiger partial charge is 0.309 e. The monoisotopic (exact) mass is 434 g/mol. The molecule has 0 saturated heterocycles. The number of hydrogen-bond donors (Lipinski definition) is 0. The van der Waals surface area contributed by atoms with Gasteiger partial charge in [-0.15, -0.1) is 0 Å². The zero-order chi connectivity index (χ0) is 22.2. The SMILES string of the molecule is c1ccc(-n2c3ccccc3c3cc4c5ccncc5c5nc6ccccc6n5c4cc32)cc1. The number of rotatable bonds is 1. The quantitative estimate of drug-likeness (QED) is 0.254. The molecule has 0 saturated carbocycles. The van der Waals surface area contributed by atoms with E-state index in [1.54, 1.807) is 0 Å². The van der Waals surface area contributed by atoms with Gasteiger partial charge in [-0.1, -0.05) is 48.5 Å². The van der Waals surface area contributed by atoms with Gasteiger partial charge in [0.2, 0.25) is 0 Å². The third kappa shape index (κ3) is 2.22. The second kappa shape index (κ2) is 6.42. The van der Waals surface area contributed by atoms with Gasteiger partial charge >= 0.3 is 0 Å². The molecular formula is C30H18N4. The number of fused-ring (bicyclic) bond motifs is 11. The highest BCUT2D eigenvalue weighted by atomic mass is 15.0. The number of para-hydroxylation sites is 4. The van der Waals surface area contributed by atoms with Crippen LogP contribution in [0.1, 0.15) is 0 Å². The Morgan fingerprint density at radius 1 is 0.529 bits per heavy atom. The first-order valence-electron chi connectivity index (χ1n) is 11.4. The maximum absolute atomic E-state index is 5.01. The van der Waals surface area contributed by atoms with Crippen molar-refractivity contribution in [3.63, 3.8) is 0 Å². The van der Waals surface area contributed by atoms with E-state index in [9.17, 15) is 0 Å². The molecule has 34 heavy (non-hydrogen) atoms. The van der Waals surface area contributed by atoms with Crippen LogP contribution in [0.2, 0.25) is 0 Å². The summed E-state index contributed by atoms with van der Waals surface area (Å²) in [4.78, 5) is 9.45. The molecule has 0 spiro atoms. The van der Waals surface area contributed by atoms with Gasteiger partial charge in [-0.05, 0) is 53.9 Å². The van der Waals surface area contributed by atoms with Crippen molar-refractivity contribution in [1.82, 2.24) is 18.9 Å². The molecule has 4 nitrogen and oxygen atoms in total. The van der Waals surface area contributed by atoms with Crippen LogP contribution in [0.3, 0.4) is 0 Å². The summed E-state index contributed by atoms with van der Waals surface area (Å²) in [5, 5.41) is 5.94. The molecule has 8 aromatic rings. The van der Waals surface area contributed by atoms with E-state index in [0.29, 0.717) is 0 Å². The van der Waals surface area contributed by atoms with Crippen molar-refractivity contribution in [2.45, 2.75) is 0 Å². The van der Waals surface area contributed by atoms with E-state index in [0.717, 1.165) is 33.3 Å². The van der Waals surface area contributed by atoms with E-state index in [1.165, 1.54) is 32.6 Å². The highest BCUT2D eigenvalue weighted by Gasteiger charge is 2.18. The summed E-state index contributed by atoms with van der Waals surface area (Å²) in [6, 6.07) is 34.4. The Morgan fingerprint density at radius 3 is 2.21 bits per heavy atom. The number of imidazole rings is 1. The first-order valence-corrected chi connectivity index (χ1v) is 11.4. The lowest BCUT2D eigenvalue weighted by Crippen LogP contribution is -1.95. The molecule has 0 atom stereocenters. The maximum Gasteiger partial charge on any atom is 0.147 e. The van der Waals surface area contributed by atoms with Crippen molar-refractivity contribution in [3.05, 3.63) is 109 Å². The molecule has 4 aromatic heterocycles. The fourth-order valence-corrected chi connectivity index (χ4v) is 5.52. The Hall–Kier alpha value is -4.70. The number of hydrogen-bond acceptors (Lipinski definition) is 2. The fraction of sp³-hybridized carbons (Fsp3) is 0. The zero-order valence-corrected chi connectivity index (χ0v) is 18.2. The van der Waals surface area contributed by atoms with E-state index in [1.807, 2.05) is 18.5 Å². The van der Waals surface area contributed by atoms with Gasteiger partial charge in [0.25, 0.3) is 0 Å². The van der Waals surface area contributed by atoms with Crippen molar-refractivity contribution >= 4 is 60.2 Å². The van der Waals surface area contributed by atoms with E-state index < -0.39 is 0 Å². The predicted molar refractivity (Wildman–Crippen MR) is 140 cm³/mol. The minimum atomic E-state index is 0.943. The summed E-state index contributed by atoms with van der Waals surface area (Å²) in [5.41, 5.74) is 7.74. The van der Waals surface area contributed by atoms with Crippen molar-refractivity contribution in [2.75, 3.05) is 0 Å². The van der Waals surface area contributed by atoms with Crippen LogP contribution < -0.4 is 0 Å². The van der Waals surface area contributed by atoms with Gasteiger partial charge in [0.15, 0.2) is 0 Å². The van der Waals surface area contributed by atoms with E-state index >= 15 is 0 Å². The van der Waals surface area contributed by atoms with Gasteiger partial charge in [0, 0.05) is 39.6 Å². The van der Waals surface area contributed by atoms with Crippen molar-refractivity contribution in [2.24, 2.45) is 0 Å². The average molecular weight is 435 g/mol. The van der Waals surface area contributed by atoms with Crippen LogP contribution in [-0.4, -0.2) is 18.9 Å². The van der Waals surface area contributed by atoms with Crippen LogP contribution in [0.4, 0.5) is 0 Å². The topological polar surface area (TPSA) is 35.1 Å². The van der Waals surface area contributed by atoms with Gasteiger partial charge in [-0.25, -0.2) is 4.98 Å². The maximum atomic E-state index is 5.01. The van der Waals surface area contributed by atoms with Crippen LogP contribution >= 0.6 is 0 Å². The molecule has 0 N–H and O–H groups in total. The molecule has 0 amide bonds. The molecule has 0 aliphatic carbocycles. The molecule has 0 fully saturated rings. The Kier molecular flexibility index (Phi) is 3.36. The van der Waals surface area contributed by atoms with Gasteiger partial charge in [0.05, 0.1) is 27.6 Å². The minimum absolute atomic E-state index is 0.943. The lowest BCUT2D eigenvalue weighted by molar-refractivity contribution is 1.18. The van der Waals surface area contributed by atoms with Crippen molar-refractivity contribution < 1.29 is 0 Å². The molecule has 0 bridgehead atoms. The summed E-state index contributed by atoms with van der Waals surface area (Å²) in [6.07, 6.45) is 3.81. The molecule has 8 rings (SSSR count). The van der Waals surface area contributed by atoms with Gasteiger partial charge < -0.3 is 4.57 Å². The second-order valence-corrected chi connectivity index (χ2v) is 8.76. The Morgan fingerprint density at radius 2 is 1.29 bits per heavy atom. The first-order chi connectivity index (χ1) is 16.9. The lowest BCUT2D eigenvalue weighted by atomic mass is 10.0. The second-order valence-electron chi connectivity index (χ2n) is 8.76. The summed E-state index contributed by atoms with van der Waals surface area (Å²) in [6.45, 7) is 0. The number of pyridine rings is 2. The van der Waals surface area contributed by atoms with E-state index in [4.69, 9.17) is 4.98 Å². The number of benzene rings is 4. The summed E-state index contributed by atoms with van der Waals surface area (Å²) in [7, 11) is 0. The van der Waals surface area contributed by atoms with Crippen LogP contribution in [0.5, 0.6) is 0 Å². The molecule has 0 radical (unpaired) electrons. The van der Waals surface area contributed by atoms with Crippen molar-refractivity contribution in [3.8, 4) is 5.69 Å². The molecule has 0 aliphatic rings. The van der Waals surface area contributed by atoms with E-state index in [2.05, 4.69) is 105 Å². The third-order valence-electron chi connectivity index (χ3n) is 6.96. The molecule has 158 valence electrons. The summed E-state index contributed by atoms with van der Waals surface area (Å²) in [5.74, 6) is 0. The van der Waals surface area contributed by atoms with Crippen LogP contribution in [0, 0.1) is 0 Å². The molecular weight excluding hydrogens is 416 g/mol. The first kappa shape index (κ1) is 17.8. The Bertz CT molecular complexity index is 2060. The molecule has 4 aromatic carbocycles. The highest BCUT2D eigenvalue weighted by Crippen LogP contribution is 2.38. The fourth-order valence-electron chi connectivity index (χ4n) is 5.52. The third-order valence-corrected chi connectivity index (χ3v) is 6.96. The predicted octanol–water partition coefficient (Wildman–Crippen LogP) is 7.29. The number of aromatic nitrogens is 4. The van der Waals surface area contributed by atoms with Crippen LogP contribution in [0.25, 0.3) is 65.8 Å². The van der Waals surface area contributed by atoms with Crippen molar-refractivity contribution in [1.29, 1.82) is 0 Å². The Balaban J connectivity index is 1.69. The molecule has 4 heteroatoms. The van der Waals surface area contributed by atoms with Gasteiger partial charge in [0.1, 0.15) is 5.65 Å². The summed E-state index contributed by atoms with van der Waals surface area (Å²) >= 11 is 0. The normalized spacial score (nSPS) is 12.1. The summed E-state index contributed by atoms with van der Waals surface area (Å²) < 4.78 is 4.66. The molecule has 0 unspecified atom stereocenters. The standard InChI is InChI=1S/C30H18N4/c1-2-8-19(9-3-1)33-26-12-6-4-10-21(26)23-16-22-20-14-15-31-18-24(20)30-32-25-11-5-7-13-27(25)34(30)29(22)17-28(23)33/h1-18H. The van der Waals surface area contributed by atoms with Crippen LogP contribution in [-0.2, 0) is 0 Å². The van der Waals surface area contributed by atoms with Crippen LogP contribution in [0.15, 0.2) is 109 Å². The smallest absolute Gasteiger partial charge is 0.147 e. The Labute approximate surface area is 194 Å². The highest BCUT2D eigenvalue weighted by molar-refractivity contribution is 6.20. The number of nitrogens with zero attached hydrogens (tertiary/aromatic N) is 4. The zero-order valence-electron chi connectivity index (χ0n) is 18.2. The van der Waals surface area contributed by atoms with E-state index in [-0.39, 0.29) is 0 Å². The molecule has 0 aliphatic heterocycles. The van der Waals surface area contributed by atoms with Gasteiger partial charge in [-0.3, -0.25) is 9.38 Å². The minimum Gasteiger partial charge on any atom is -0.309 e. The van der Waals surface area contributed by atoms with Gasteiger partial charge in [-0.2, -0.15) is 0 Å². The average Bonchev–Trinajstić information content (AvgIpc) is 3.44. The lowest BCUT2D eigenvalue weighted by Gasteiger charge is -2.11.